The summed E-state index contributed by atoms with van der Waals surface area (Å²) in [6.45, 7) is 3.04. The number of amides is 2. The maximum atomic E-state index is 12.3. The standard InChI is InChI=1S/C19H22ClN3O2/c1-2-3-6-10-22-18(24)14-9-11-21-17(12-14)19(25)23-13-15-7-4-5-8-16(15)20/h4-5,7-9,11-12H,2-3,6,10,13H2,1H3,(H,22,24)(H,23,25). The zero-order valence-corrected chi connectivity index (χ0v) is 15.0. The highest BCUT2D eigenvalue weighted by atomic mass is 35.5. The van der Waals surface area contributed by atoms with Gasteiger partial charge in [-0.15, -0.1) is 0 Å². The summed E-state index contributed by atoms with van der Waals surface area (Å²) in [5, 5.41) is 6.21. The van der Waals surface area contributed by atoms with E-state index in [4.69, 9.17) is 11.6 Å². The summed E-state index contributed by atoms with van der Waals surface area (Å²) in [6.07, 6.45) is 4.58. The van der Waals surface area contributed by atoms with E-state index in [1.807, 2.05) is 18.2 Å². The van der Waals surface area contributed by atoms with Crippen molar-refractivity contribution in [3.63, 3.8) is 0 Å². The lowest BCUT2D eigenvalue weighted by atomic mass is 10.2. The number of aromatic nitrogens is 1. The second-order valence-electron chi connectivity index (χ2n) is 5.67. The Kier molecular flexibility index (Phi) is 7.41. The molecule has 2 aromatic rings. The smallest absolute Gasteiger partial charge is 0.270 e. The molecule has 132 valence electrons. The van der Waals surface area contributed by atoms with Crippen LogP contribution in [-0.2, 0) is 6.54 Å². The highest BCUT2D eigenvalue weighted by molar-refractivity contribution is 6.31. The van der Waals surface area contributed by atoms with Crippen LogP contribution in [0.25, 0.3) is 0 Å². The molecule has 0 unspecified atom stereocenters. The number of benzene rings is 1. The maximum Gasteiger partial charge on any atom is 0.270 e. The topological polar surface area (TPSA) is 71.1 Å². The number of hydrogen-bond donors (Lipinski definition) is 2. The van der Waals surface area contributed by atoms with Crippen molar-refractivity contribution in [2.45, 2.75) is 32.7 Å². The zero-order chi connectivity index (χ0) is 18.1. The predicted molar refractivity (Wildman–Crippen MR) is 98.7 cm³/mol. The molecule has 0 aliphatic carbocycles. The first-order chi connectivity index (χ1) is 12.1. The summed E-state index contributed by atoms with van der Waals surface area (Å²) in [7, 11) is 0. The van der Waals surface area contributed by atoms with Gasteiger partial charge in [-0.2, -0.15) is 0 Å². The van der Waals surface area contributed by atoms with Crippen LogP contribution in [0.5, 0.6) is 0 Å². The molecule has 0 spiro atoms. The van der Waals surface area contributed by atoms with Crippen LogP contribution >= 0.6 is 11.6 Å². The number of rotatable bonds is 8. The van der Waals surface area contributed by atoms with Gasteiger partial charge in [0.15, 0.2) is 0 Å². The third kappa shape index (κ3) is 5.87. The molecule has 1 aromatic carbocycles. The number of nitrogens with zero attached hydrogens (tertiary/aromatic N) is 1. The first-order valence-corrected chi connectivity index (χ1v) is 8.75. The highest BCUT2D eigenvalue weighted by Gasteiger charge is 2.12. The molecule has 1 aromatic heterocycles. The fourth-order valence-electron chi connectivity index (χ4n) is 2.28. The molecular formula is C19H22ClN3O2. The van der Waals surface area contributed by atoms with Crippen LogP contribution in [0, 0.1) is 0 Å². The van der Waals surface area contributed by atoms with Crippen molar-refractivity contribution in [3.8, 4) is 0 Å². The Balaban J connectivity index is 1.94. The monoisotopic (exact) mass is 359 g/mol. The Labute approximate surface area is 152 Å². The maximum absolute atomic E-state index is 12.3. The molecule has 6 heteroatoms. The summed E-state index contributed by atoms with van der Waals surface area (Å²) in [4.78, 5) is 28.4. The van der Waals surface area contributed by atoms with Crippen molar-refractivity contribution < 1.29 is 9.59 Å². The van der Waals surface area contributed by atoms with E-state index in [2.05, 4.69) is 22.5 Å². The molecule has 2 N–H and O–H groups in total. The Bertz CT molecular complexity index is 734. The SMILES string of the molecule is CCCCCNC(=O)c1ccnc(C(=O)NCc2ccccc2Cl)c1. The molecule has 5 nitrogen and oxygen atoms in total. The first-order valence-electron chi connectivity index (χ1n) is 8.37. The number of hydrogen-bond acceptors (Lipinski definition) is 3. The summed E-state index contributed by atoms with van der Waals surface area (Å²) in [5.41, 5.74) is 1.45. The van der Waals surface area contributed by atoms with Crippen LogP contribution in [0.3, 0.4) is 0 Å². The van der Waals surface area contributed by atoms with Gasteiger partial charge in [0.2, 0.25) is 0 Å². The molecule has 1 heterocycles. The van der Waals surface area contributed by atoms with Gasteiger partial charge < -0.3 is 10.6 Å². The van der Waals surface area contributed by atoms with Gasteiger partial charge in [0.1, 0.15) is 5.69 Å². The molecule has 2 rings (SSSR count). The average Bonchev–Trinajstić information content (AvgIpc) is 2.64. The van der Waals surface area contributed by atoms with Crippen LogP contribution < -0.4 is 10.6 Å². The lowest BCUT2D eigenvalue weighted by molar-refractivity contribution is 0.0946. The van der Waals surface area contributed by atoms with Crippen molar-refractivity contribution in [3.05, 3.63) is 64.4 Å². The van der Waals surface area contributed by atoms with Gasteiger partial charge >= 0.3 is 0 Å². The van der Waals surface area contributed by atoms with Crippen LogP contribution in [-0.4, -0.2) is 23.3 Å². The molecule has 0 radical (unpaired) electrons. The molecular weight excluding hydrogens is 338 g/mol. The summed E-state index contributed by atoms with van der Waals surface area (Å²) in [5.74, 6) is -0.542. The minimum atomic E-state index is -0.347. The van der Waals surface area contributed by atoms with E-state index in [0.29, 0.717) is 23.7 Å². The molecule has 0 aliphatic heterocycles. The Morgan fingerprint density at radius 2 is 1.88 bits per heavy atom. The van der Waals surface area contributed by atoms with Crippen LogP contribution in [0.2, 0.25) is 5.02 Å². The Morgan fingerprint density at radius 1 is 1.08 bits per heavy atom. The van der Waals surface area contributed by atoms with E-state index in [1.165, 1.54) is 12.3 Å². The van der Waals surface area contributed by atoms with E-state index in [9.17, 15) is 9.59 Å². The van der Waals surface area contributed by atoms with Gasteiger partial charge in [-0.25, -0.2) is 0 Å². The third-order valence-electron chi connectivity index (χ3n) is 3.72. The average molecular weight is 360 g/mol. The van der Waals surface area contributed by atoms with Gasteiger partial charge in [0, 0.05) is 29.9 Å². The Morgan fingerprint density at radius 3 is 2.64 bits per heavy atom. The van der Waals surface area contributed by atoms with Gasteiger partial charge in [0.25, 0.3) is 11.8 Å². The number of pyridine rings is 1. The van der Waals surface area contributed by atoms with E-state index < -0.39 is 0 Å². The largest absolute Gasteiger partial charge is 0.352 e. The third-order valence-corrected chi connectivity index (χ3v) is 4.09. The van der Waals surface area contributed by atoms with Crippen LogP contribution in [0.15, 0.2) is 42.6 Å². The quantitative estimate of drug-likeness (QED) is 0.707. The summed E-state index contributed by atoms with van der Waals surface area (Å²) in [6, 6.07) is 10.4. The second kappa shape index (κ2) is 9.79. The van der Waals surface area contributed by atoms with Crippen molar-refractivity contribution in [2.75, 3.05) is 6.54 Å². The van der Waals surface area contributed by atoms with Crippen LogP contribution in [0.1, 0.15) is 52.6 Å². The molecule has 0 fully saturated rings. The zero-order valence-electron chi connectivity index (χ0n) is 14.2. The van der Waals surface area contributed by atoms with Crippen molar-refractivity contribution >= 4 is 23.4 Å². The lowest BCUT2D eigenvalue weighted by Crippen LogP contribution is -2.27. The van der Waals surface area contributed by atoms with Gasteiger partial charge in [-0.3, -0.25) is 14.6 Å². The first kappa shape index (κ1) is 18.9. The molecule has 0 bridgehead atoms. The minimum Gasteiger partial charge on any atom is -0.352 e. The molecule has 2 amide bonds. The van der Waals surface area contributed by atoms with Gasteiger partial charge in [0.05, 0.1) is 0 Å². The van der Waals surface area contributed by atoms with Crippen molar-refractivity contribution in [1.29, 1.82) is 0 Å². The van der Waals surface area contributed by atoms with E-state index in [-0.39, 0.29) is 17.5 Å². The number of carbonyl (C=O) groups excluding carboxylic acids is 2. The van der Waals surface area contributed by atoms with Gasteiger partial charge in [-0.1, -0.05) is 49.6 Å². The fourth-order valence-corrected chi connectivity index (χ4v) is 2.49. The number of unbranched alkanes of at least 4 members (excludes halogenated alkanes) is 2. The molecule has 0 atom stereocenters. The van der Waals surface area contributed by atoms with Gasteiger partial charge in [-0.05, 0) is 30.2 Å². The molecule has 0 saturated carbocycles. The second-order valence-corrected chi connectivity index (χ2v) is 6.07. The molecule has 25 heavy (non-hydrogen) atoms. The summed E-state index contributed by atoms with van der Waals surface area (Å²) < 4.78 is 0. The van der Waals surface area contributed by atoms with E-state index in [1.54, 1.807) is 12.1 Å². The lowest BCUT2D eigenvalue weighted by Gasteiger charge is -2.08. The normalized spacial score (nSPS) is 10.3. The van der Waals surface area contributed by atoms with E-state index in [0.717, 1.165) is 24.8 Å². The predicted octanol–water partition coefficient (Wildman–Crippen LogP) is 3.59. The van der Waals surface area contributed by atoms with Crippen molar-refractivity contribution in [1.82, 2.24) is 15.6 Å². The fraction of sp³-hybridized carbons (Fsp3) is 0.316. The number of carbonyl (C=O) groups is 2. The molecule has 0 saturated heterocycles. The van der Waals surface area contributed by atoms with Crippen LogP contribution in [0.4, 0.5) is 0 Å². The summed E-state index contributed by atoms with van der Waals surface area (Å²) >= 11 is 6.07. The number of nitrogens with one attached hydrogen (secondary N) is 2. The molecule has 0 aliphatic rings. The minimum absolute atomic E-state index is 0.196. The van der Waals surface area contributed by atoms with Crippen molar-refractivity contribution in [2.24, 2.45) is 0 Å². The Hall–Kier alpha value is -2.40. The number of halogens is 1. The van der Waals surface area contributed by atoms with E-state index >= 15 is 0 Å². The highest BCUT2D eigenvalue weighted by Crippen LogP contribution is 2.14.